The van der Waals surface area contributed by atoms with Crippen LogP contribution in [0.5, 0.6) is 0 Å². The Labute approximate surface area is 160 Å². The largest absolute Gasteiger partial charge is 0.339 e. The van der Waals surface area contributed by atoms with Crippen molar-refractivity contribution in [2.45, 2.75) is 39.7 Å². The molecular weight excluding hydrogens is 330 g/mol. The van der Waals surface area contributed by atoms with Gasteiger partial charge in [-0.1, -0.05) is 18.1 Å². The van der Waals surface area contributed by atoms with Crippen molar-refractivity contribution in [1.82, 2.24) is 14.5 Å². The number of rotatable bonds is 3. The van der Waals surface area contributed by atoms with E-state index in [1.165, 1.54) is 76.1 Å². The zero-order chi connectivity index (χ0) is 18.4. The number of aryl methyl sites for hydroxylation is 2. The Balaban J connectivity index is 1.72. The van der Waals surface area contributed by atoms with E-state index in [4.69, 9.17) is 0 Å². The van der Waals surface area contributed by atoms with Gasteiger partial charge in [0, 0.05) is 47.2 Å². The first-order valence-corrected chi connectivity index (χ1v) is 10.2. The lowest BCUT2D eigenvalue weighted by Crippen LogP contribution is -2.32. The minimum absolute atomic E-state index is 1.06. The van der Waals surface area contributed by atoms with Gasteiger partial charge in [0.1, 0.15) is 0 Å². The molecular formula is C24H27N3. The first-order chi connectivity index (χ1) is 13.2. The van der Waals surface area contributed by atoms with Crippen LogP contribution in [-0.4, -0.2) is 34.1 Å². The lowest BCUT2D eigenvalue weighted by atomic mass is 10.0. The summed E-state index contributed by atoms with van der Waals surface area (Å²) in [7, 11) is 0. The Morgan fingerprint density at radius 3 is 2.59 bits per heavy atom. The molecule has 0 amide bonds. The van der Waals surface area contributed by atoms with Crippen molar-refractivity contribution in [1.29, 1.82) is 0 Å². The van der Waals surface area contributed by atoms with Gasteiger partial charge >= 0.3 is 0 Å². The molecule has 2 aromatic carbocycles. The van der Waals surface area contributed by atoms with Crippen molar-refractivity contribution >= 4 is 32.6 Å². The van der Waals surface area contributed by atoms with E-state index in [1.54, 1.807) is 0 Å². The number of pyridine rings is 1. The van der Waals surface area contributed by atoms with Gasteiger partial charge in [0.2, 0.25) is 0 Å². The first kappa shape index (κ1) is 16.8. The van der Waals surface area contributed by atoms with Crippen LogP contribution in [0.3, 0.4) is 0 Å². The maximum atomic E-state index is 4.35. The van der Waals surface area contributed by atoms with Crippen LogP contribution in [0.2, 0.25) is 0 Å². The van der Waals surface area contributed by atoms with Crippen LogP contribution in [0, 0.1) is 13.8 Å². The number of nitrogens with zero attached hydrogens (tertiary/aromatic N) is 3. The molecule has 3 heterocycles. The van der Waals surface area contributed by atoms with Crippen LogP contribution in [-0.2, 0) is 6.54 Å². The molecule has 1 aliphatic rings. The minimum Gasteiger partial charge on any atom is -0.339 e. The number of aromatic nitrogens is 2. The van der Waals surface area contributed by atoms with Gasteiger partial charge in [0.25, 0.3) is 0 Å². The summed E-state index contributed by atoms with van der Waals surface area (Å²) in [6, 6.07) is 11.4. The van der Waals surface area contributed by atoms with Crippen LogP contribution in [0.1, 0.15) is 30.4 Å². The summed E-state index contributed by atoms with van der Waals surface area (Å²) in [5, 5.41) is 5.29. The van der Waals surface area contributed by atoms with E-state index in [-0.39, 0.29) is 0 Å². The summed E-state index contributed by atoms with van der Waals surface area (Å²) < 4.78 is 2.56. The zero-order valence-corrected chi connectivity index (χ0v) is 16.3. The maximum Gasteiger partial charge on any atom is 0.0528 e. The molecule has 0 aliphatic carbocycles. The van der Waals surface area contributed by atoms with E-state index in [9.17, 15) is 0 Å². The average molecular weight is 358 g/mol. The maximum absolute atomic E-state index is 4.35. The van der Waals surface area contributed by atoms with Crippen molar-refractivity contribution < 1.29 is 0 Å². The van der Waals surface area contributed by atoms with Gasteiger partial charge in [-0.25, -0.2) is 0 Å². The molecule has 0 bridgehead atoms. The molecule has 0 spiro atoms. The highest BCUT2D eigenvalue weighted by Crippen LogP contribution is 2.35. The molecule has 27 heavy (non-hydrogen) atoms. The molecule has 1 aliphatic heterocycles. The predicted molar refractivity (Wildman–Crippen MR) is 115 cm³/mol. The van der Waals surface area contributed by atoms with Gasteiger partial charge in [0.05, 0.1) is 5.52 Å². The molecule has 2 aromatic heterocycles. The second-order valence-corrected chi connectivity index (χ2v) is 8.07. The molecule has 0 atom stereocenters. The zero-order valence-electron chi connectivity index (χ0n) is 16.3. The van der Waals surface area contributed by atoms with Crippen molar-refractivity contribution in [3.63, 3.8) is 0 Å². The lowest BCUT2D eigenvalue weighted by Gasteiger charge is -2.27. The van der Waals surface area contributed by atoms with E-state index in [2.05, 4.69) is 58.6 Å². The van der Waals surface area contributed by atoms with Crippen LogP contribution >= 0.6 is 0 Å². The summed E-state index contributed by atoms with van der Waals surface area (Å²) in [6.07, 6.45) is 8.00. The van der Waals surface area contributed by atoms with E-state index in [0.29, 0.717) is 0 Å². The summed E-state index contributed by atoms with van der Waals surface area (Å²) in [5.74, 6) is 0. The fourth-order valence-corrected chi connectivity index (χ4v) is 4.85. The molecule has 138 valence electrons. The highest BCUT2D eigenvalue weighted by Gasteiger charge is 2.17. The van der Waals surface area contributed by atoms with Crippen LogP contribution in [0.4, 0.5) is 0 Å². The number of hydrogen-bond acceptors (Lipinski definition) is 2. The standard InChI is InChI=1S/C24H27N3/c1-17-6-7-23-21(14-17)22-15-19-16-25-9-8-20(19)18(2)24(22)27(23)13-12-26-10-4-3-5-11-26/h6-9,14-16H,3-5,10-13H2,1-2H3. The highest BCUT2D eigenvalue weighted by molar-refractivity contribution is 6.14. The van der Waals surface area contributed by atoms with Crippen LogP contribution < -0.4 is 0 Å². The van der Waals surface area contributed by atoms with Gasteiger partial charge in [-0.3, -0.25) is 4.98 Å². The molecule has 4 aromatic rings. The minimum atomic E-state index is 1.06. The topological polar surface area (TPSA) is 21.1 Å². The van der Waals surface area contributed by atoms with E-state index in [0.717, 1.165) is 13.1 Å². The van der Waals surface area contributed by atoms with E-state index >= 15 is 0 Å². The third-order valence-electron chi connectivity index (χ3n) is 6.26. The third-order valence-corrected chi connectivity index (χ3v) is 6.26. The Morgan fingerprint density at radius 2 is 1.74 bits per heavy atom. The SMILES string of the molecule is Cc1ccc2c(c1)c1cc3cnccc3c(C)c1n2CCN1CCCCC1. The average Bonchev–Trinajstić information content (AvgIpc) is 3.00. The summed E-state index contributed by atoms with van der Waals surface area (Å²) in [4.78, 5) is 6.98. The molecule has 1 fully saturated rings. The van der Waals surface area contributed by atoms with E-state index < -0.39 is 0 Å². The van der Waals surface area contributed by atoms with Crippen molar-refractivity contribution in [3.8, 4) is 0 Å². The molecule has 0 radical (unpaired) electrons. The van der Waals surface area contributed by atoms with E-state index in [1.807, 2.05) is 12.4 Å². The van der Waals surface area contributed by atoms with Crippen LogP contribution in [0.15, 0.2) is 42.7 Å². The Morgan fingerprint density at radius 1 is 0.889 bits per heavy atom. The monoisotopic (exact) mass is 357 g/mol. The molecule has 0 saturated carbocycles. The molecule has 3 nitrogen and oxygen atoms in total. The van der Waals surface area contributed by atoms with Gasteiger partial charge in [0.15, 0.2) is 0 Å². The fraction of sp³-hybridized carbons (Fsp3) is 0.375. The smallest absolute Gasteiger partial charge is 0.0528 e. The molecule has 0 unspecified atom stereocenters. The van der Waals surface area contributed by atoms with Crippen molar-refractivity contribution in [2.75, 3.05) is 19.6 Å². The summed E-state index contributed by atoms with van der Waals surface area (Å²) in [5.41, 5.74) is 5.45. The summed E-state index contributed by atoms with van der Waals surface area (Å²) in [6.45, 7) is 9.16. The molecule has 0 N–H and O–H groups in total. The van der Waals surface area contributed by atoms with Crippen LogP contribution in [0.25, 0.3) is 32.6 Å². The Kier molecular flexibility index (Phi) is 4.13. The number of piperidine rings is 1. The number of likely N-dealkylation sites (tertiary alicyclic amines) is 1. The second-order valence-electron chi connectivity index (χ2n) is 8.07. The van der Waals surface area contributed by atoms with Gasteiger partial charge in [-0.05, 0) is 75.0 Å². The number of benzene rings is 2. The molecule has 1 saturated heterocycles. The van der Waals surface area contributed by atoms with Gasteiger partial charge in [-0.15, -0.1) is 0 Å². The third kappa shape index (κ3) is 2.81. The van der Waals surface area contributed by atoms with Crippen molar-refractivity contribution in [3.05, 3.63) is 53.9 Å². The summed E-state index contributed by atoms with van der Waals surface area (Å²) >= 11 is 0. The predicted octanol–water partition coefficient (Wildman–Crippen LogP) is 5.45. The highest BCUT2D eigenvalue weighted by atomic mass is 15.1. The lowest BCUT2D eigenvalue weighted by molar-refractivity contribution is 0.222. The Bertz CT molecular complexity index is 1130. The van der Waals surface area contributed by atoms with Crippen molar-refractivity contribution in [2.24, 2.45) is 0 Å². The number of hydrogen-bond donors (Lipinski definition) is 0. The fourth-order valence-electron chi connectivity index (χ4n) is 4.85. The molecule has 5 rings (SSSR count). The van der Waals surface area contributed by atoms with Gasteiger partial charge < -0.3 is 9.47 Å². The second kappa shape index (κ2) is 6.65. The Hall–Kier alpha value is -2.39. The quantitative estimate of drug-likeness (QED) is 0.486. The first-order valence-electron chi connectivity index (χ1n) is 10.2. The van der Waals surface area contributed by atoms with Gasteiger partial charge in [-0.2, -0.15) is 0 Å². The number of fused-ring (bicyclic) bond motifs is 4. The normalized spacial score (nSPS) is 15.9. The molecule has 3 heteroatoms.